The van der Waals surface area contributed by atoms with Crippen molar-refractivity contribution in [2.45, 2.75) is 46.1 Å². The average Bonchev–Trinajstić information content (AvgIpc) is 2.50. The fourth-order valence-electron chi connectivity index (χ4n) is 2.93. The monoisotopic (exact) mass is 266 g/mol. The van der Waals surface area contributed by atoms with Crippen LogP contribution in [0.2, 0.25) is 0 Å². The molecule has 1 unspecified atom stereocenters. The highest BCUT2D eigenvalue weighted by atomic mass is 35.5. The van der Waals surface area contributed by atoms with Gasteiger partial charge in [0.2, 0.25) is 0 Å². The van der Waals surface area contributed by atoms with E-state index in [4.69, 9.17) is 16.3 Å². The average molecular weight is 267 g/mol. The van der Waals surface area contributed by atoms with E-state index in [0.29, 0.717) is 5.56 Å². The predicted molar refractivity (Wildman–Crippen MR) is 73.5 cm³/mol. The van der Waals surface area contributed by atoms with Gasteiger partial charge >= 0.3 is 0 Å². The Kier molecular flexibility index (Phi) is 2.97. The van der Waals surface area contributed by atoms with Crippen molar-refractivity contribution in [3.63, 3.8) is 0 Å². The van der Waals surface area contributed by atoms with Gasteiger partial charge in [-0.3, -0.25) is 4.79 Å². The fraction of sp³-hybridized carbons (Fsp3) is 0.533. The quantitative estimate of drug-likeness (QED) is 0.714. The van der Waals surface area contributed by atoms with E-state index in [2.05, 4.69) is 34.6 Å². The third-order valence-electron chi connectivity index (χ3n) is 3.59. The highest BCUT2D eigenvalue weighted by molar-refractivity contribution is 6.67. The van der Waals surface area contributed by atoms with Crippen molar-refractivity contribution < 1.29 is 9.53 Å². The van der Waals surface area contributed by atoms with Gasteiger partial charge in [0.25, 0.3) is 5.24 Å². The summed E-state index contributed by atoms with van der Waals surface area (Å²) >= 11 is 5.54. The molecule has 1 aromatic carbocycles. The van der Waals surface area contributed by atoms with Crippen molar-refractivity contribution in [3.05, 3.63) is 29.3 Å². The zero-order valence-corrected chi connectivity index (χ0v) is 12.3. The summed E-state index contributed by atoms with van der Waals surface area (Å²) in [6.07, 6.45) is 0.0840. The number of carbonyl (C=O) groups is 1. The van der Waals surface area contributed by atoms with Gasteiger partial charge in [-0.05, 0) is 35.2 Å². The van der Waals surface area contributed by atoms with Crippen LogP contribution < -0.4 is 4.74 Å². The molecule has 18 heavy (non-hydrogen) atoms. The van der Waals surface area contributed by atoms with Gasteiger partial charge in [-0.25, -0.2) is 0 Å². The van der Waals surface area contributed by atoms with E-state index in [1.165, 1.54) is 0 Å². The lowest BCUT2D eigenvalue weighted by Gasteiger charge is -2.36. The molecule has 0 bridgehead atoms. The van der Waals surface area contributed by atoms with Crippen LogP contribution in [0.3, 0.4) is 0 Å². The molecule has 0 aromatic heterocycles. The predicted octanol–water partition coefficient (Wildman–Crippen LogP) is 4.15. The van der Waals surface area contributed by atoms with Gasteiger partial charge in [0.15, 0.2) is 0 Å². The minimum atomic E-state index is -0.423. The van der Waals surface area contributed by atoms with Crippen LogP contribution in [0.25, 0.3) is 0 Å². The van der Waals surface area contributed by atoms with Crippen molar-refractivity contribution in [1.29, 1.82) is 0 Å². The lowest BCUT2D eigenvalue weighted by molar-refractivity contribution is 0.0562. The van der Waals surface area contributed by atoms with Crippen molar-refractivity contribution in [2.75, 3.05) is 0 Å². The van der Waals surface area contributed by atoms with E-state index in [1.807, 2.05) is 12.1 Å². The molecule has 1 aromatic rings. The molecule has 0 saturated carbocycles. The van der Waals surface area contributed by atoms with Crippen molar-refractivity contribution in [1.82, 2.24) is 0 Å². The summed E-state index contributed by atoms with van der Waals surface area (Å²) in [7, 11) is 0. The van der Waals surface area contributed by atoms with Crippen LogP contribution in [0.4, 0.5) is 0 Å². The maximum absolute atomic E-state index is 11.3. The first kappa shape index (κ1) is 13.4. The van der Waals surface area contributed by atoms with Gasteiger partial charge < -0.3 is 4.74 Å². The molecule has 1 aliphatic heterocycles. The number of carbonyl (C=O) groups excluding carboxylic acids is 1. The summed E-state index contributed by atoms with van der Waals surface area (Å²) < 4.78 is 6.07. The van der Waals surface area contributed by atoms with Crippen LogP contribution in [0.1, 0.15) is 50.5 Å². The smallest absolute Gasteiger partial charge is 0.252 e. The Bertz CT molecular complexity index is 498. The first-order chi connectivity index (χ1) is 8.14. The maximum Gasteiger partial charge on any atom is 0.252 e. The molecule has 1 heterocycles. The van der Waals surface area contributed by atoms with Gasteiger partial charge in [-0.15, -0.1) is 0 Å². The molecule has 0 radical (unpaired) electrons. The van der Waals surface area contributed by atoms with Gasteiger partial charge in [-0.1, -0.05) is 34.6 Å². The molecule has 1 atom stereocenters. The van der Waals surface area contributed by atoms with Crippen molar-refractivity contribution in [2.24, 2.45) is 5.41 Å². The molecule has 1 aliphatic rings. The Morgan fingerprint density at radius 2 is 1.94 bits per heavy atom. The van der Waals surface area contributed by atoms with Gasteiger partial charge in [0.1, 0.15) is 11.9 Å². The van der Waals surface area contributed by atoms with Gasteiger partial charge in [0, 0.05) is 16.5 Å². The zero-order valence-electron chi connectivity index (χ0n) is 11.5. The van der Waals surface area contributed by atoms with Crippen LogP contribution in [0.5, 0.6) is 5.75 Å². The van der Waals surface area contributed by atoms with Crippen LogP contribution in [-0.2, 0) is 5.41 Å². The highest BCUT2D eigenvalue weighted by Gasteiger charge is 2.47. The summed E-state index contributed by atoms with van der Waals surface area (Å²) in [6, 6.07) is 5.42. The second-order valence-corrected chi connectivity index (χ2v) is 6.91. The SMILES string of the molecule is CC(C)(C)C1Oc2ccc(C(=O)Cl)cc2C1(C)C. The number of benzene rings is 1. The number of fused-ring (bicyclic) bond motifs is 1. The zero-order chi connectivity index (χ0) is 13.7. The molecule has 0 spiro atoms. The Morgan fingerprint density at radius 3 is 2.44 bits per heavy atom. The van der Waals surface area contributed by atoms with Crippen molar-refractivity contribution in [3.8, 4) is 5.75 Å². The van der Waals surface area contributed by atoms with Crippen LogP contribution in [0, 0.1) is 5.41 Å². The Labute approximate surface area is 113 Å². The molecule has 3 heteroatoms. The molecule has 0 amide bonds. The molecule has 2 rings (SSSR count). The third-order valence-corrected chi connectivity index (χ3v) is 3.81. The lowest BCUT2D eigenvalue weighted by Crippen LogP contribution is -2.42. The largest absolute Gasteiger partial charge is 0.489 e. The second kappa shape index (κ2) is 3.99. The normalized spacial score (nSPS) is 21.3. The molecular formula is C15H19ClO2. The highest BCUT2D eigenvalue weighted by Crippen LogP contribution is 2.48. The summed E-state index contributed by atoms with van der Waals surface area (Å²) in [5.74, 6) is 0.863. The number of rotatable bonds is 1. The summed E-state index contributed by atoms with van der Waals surface area (Å²) in [4.78, 5) is 11.3. The van der Waals surface area contributed by atoms with Gasteiger partial charge in [0.05, 0.1) is 0 Å². The van der Waals surface area contributed by atoms with E-state index in [1.54, 1.807) is 6.07 Å². The number of hydrogen-bond acceptors (Lipinski definition) is 2. The Hall–Kier alpha value is -1.02. The van der Waals surface area contributed by atoms with Crippen LogP contribution >= 0.6 is 11.6 Å². The number of halogens is 1. The topological polar surface area (TPSA) is 26.3 Å². The first-order valence-electron chi connectivity index (χ1n) is 6.15. The third kappa shape index (κ3) is 2.03. The van der Waals surface area contributed by atoms with Crippen LogP contribution in [-0.4, -0.2) is 11.3 Å². The molecule has 0 N–H and O–H groups in total. The molecule has 0 aliphatic carbocycles. The van der Waals surface area contributed by atoms with Gasteiger partial charge in [-0.2, -0.15) is 0 Å². The summed E-state index contributed by atoms with van der Waals surface area (Å²) in [5, 5.41) is -0.423. The minimum Gasteiger partial charge on any atom is -0.489 e. The maximum atomic E-state index is 11.3. The van der Waals surface area contributed by atoms with E-state index >= 15 is 0 Å². The first-order valence-corrected chi connectivity index (χ1v) is 6.53. The fourth-order valence-corrected chi connectivity index (χ4v) is 3.05. The minimum absolute atomic E-state index is 0.0354. The standard InChI is InChI=1S/C15H19ClO2/c1-14(2,3)13-15(4,5)10-8-9(12(16)17)6-7-11(10)18-13/h6-8,13H,1-5H3. The number of ether oxygens (including phenoxy) is 1. The van der Waals surface area contributed by atoms with E-state index in [0.717, 1.165) is 11.3 Å². The molecule has 0 fully saturated rings. The summed E-state index contributed by atoms with van der Waals surface area (Å²) in [6.45, 7) is 10.8. The molecule has 0 saturated heterocycles. The summed E-state index contributed by atoms with van der Waals surface area (Å²) in [5.41, 5.74) is 1.50. The lowest BCUT2D eigenvalue weighted by atomic mass is 9.71. The van der Waals surface area contributed by atoms with Crippen molar-refractivity contribution >= 4 is 16.8 Å². The van der Waals surface area contributed by atoms with E-state index < -0.39 is 5.24 Å². The van der Waals surface area contributed by atoms with E-state index in [-0.39, 0.29) is 16.9 Å². The Morgan fingerprint density at radius 1 is 1.33 bits per heavy atom. The number of hydrogen-bond donors (Lipinski definition) is 0. The van der Waals surface area contributed by atoms with Crippen LogP contribution in [0.15, 0.2) is 18.2 Å². The second-order valence-electron chi connectivity index (χ2n) is 6.57. The van der Waals surface area contributed by atoms with E-state index in [9.17, 15) is 4.79 Å². The Balaban J connectivity index is 2.51. The molecular weight excluding hydrogens is 248 g/mol. The molecule has 2 nitrogen and oxygen atoms in total. The molecule has 98 valence electrons.